The third-order valence-corrected chi connectivity index (χ3v) is 3.94. The second-order valence-corrected chi connectivity index (χ2v) is 5.21. The SMILES string of the molecule is CCC(=O)NC(C)(O)c1cc2ccccc2s1. The van der Waals surface area contributed by atoms with E-state index in [1.807, 2.05) is 30.3 Å². The van der Waals surface area contributed by atoms with Crippen LogP contribution in [0.2, 0.25) is 0 Å². The van der Waals surface area contributed by atoms with Gasteiger partial charge < -0.3 is 10.4 Å². The molecule has 1 unspecified atom stereocenters. The topological polar surface area (TPSA) is 49.3 Å². The number of thiophene rings is 1. The van der Waals surface area contributed by atoms with Crippen LogP contribution in [-0.2, 0) is 10.5 Å². The number of benzene rings is 1. The lowest BCUT2D eigenvalue weighted by Crippen LogP contribution is -2.42. The number of aliphatic hydroxyl groups is 1. The van der Waals surface area contributed by atoms with Gasteiger partial charge in [-0.15, -0.1) is 11.3 Å². The van der Waals surface area contributed by atoms with Gasteiger partial charge in [-0.1, -0.05) is 25.1 Å². The van der Waals surface area contributed by atoms with Crippen LogP contribution in [0.3, 0.4) is 0 Å². The van der Waals surface area contributed by atoms with Crippen LogP contribution in [-0.4, -0.2) is 11.0 Å². The molecule has 90 valence electrons. The molecule has 1 atom stereocenters. The van der Waals surface area contributed by atoms with E-state index in [9.17, 15) is 9.90 Å². The highest BCUT2D eigenvalue weighted by molar-refractivity contribution is 7.19. The predicted molar refractivity (Wildman–Crippen MR) is 69.8 cm³/mol. The van der Waals surface area contributed by atoms with Crippen LogP contribution in [0.1, 0.15) is 25.1 Å². The standard InChI is InChI=1S/C13H15NO2S/c1-3-12(15)14-13(2,16)11-8-9-6-4-5-7-10(9)17-11/h4-8,16H,3H2,1-2H3,(H,14,15). The molecule has 0 saturated heterocycles. The van der Waals surface area contributed by atoms with Gasteiger partial charge in [0.15, 0.2) is 5.72 Å². The first-order chi connectivity index (χ1) is 8.03. The summed E-state index contributed by atoms with van der Waals surface area (Å²) < 4.78 is 1.11. The molecule has 2 aromatic rings. The van der Waals surface area contributed by atoms with Crippen molar-refractivity contribution in [3.63, 3.8) is 0 Å². The summed E-state index contributed by atoms with van der Waals surface area (Å²) in [6, 6.07) is 9.82. The number of carbonyl (C=O) groups is 1. The van der Waals surface area contributed by atoms with Crippen LogP contribution in [0.5, 0.6) is 0 Å². The highest BCUT2D eigenvalue weighted by Gasteiger charge is 2.26. The van der Waals surface area contributed by atoms with E-state index in [1.165, 1.54) is 11.3 Å². The number of amides is 1. The van der Waals surface area contributed by atoms with Crippen molar-refractivity contribution in [3.05, 3.63) is 35.2 Å². The number of rotatable bonds is 3. The summed E-state index contributed by atoms with van der Waals surface area (Å²) in [5, 5.41) is 14.0. The largest absolute Gasteiger partial charge is 0.366 e. The van der Waals surface area contributed by atoms with Gasteiger partial charge in [0.2, 0.25) is 5.91 Å². The lowest BCUT2D eigenvalue weighted by Gasteiger charge is -2.23. The number of fused-ring (bicyclic) bond motifs is 1. The second kappa shape index (κ2) is 4.47. The maximum Gasteiger partial charge on any atom is 0.222 e. The number of nitrogens with one attached hydrogen (secondary N) is 1. The monoisotopic (exact) mass is 249 g/mol. The molecule has 0 bridgehead atoms. The van der Waals surface area contributed by atoms with Crippen LogP contribution in [0.15, 0.2) is 30.3 Å². The molecule has 1 heterocycles. The van der Waals surface area contributed by atoms with E-state index in [4.69, 9.17) is 0 Å². The highest BCUT2D eigenvalue weighted by atomic mass is 32.1. The van der Waals surface area contributed by atoms with Crippen molar-refractivity contribution in [2.75, 3.05) is 0 Å². The first-order valence-corrected chi connectivity index (χ1v) is 6.37. The molecular weight excluding hydrogens is 234 g/mol. The minimum atomic E-state index is -1.29. The van der Waals surface area contributed by atoms with Gasteiger partial charge in [0.25, 0.3) is 0 Å². The Labute approximate surface area is 104 Å². The Bertz CT molecular complexity index is 512. The van der Waals surface area contributed by atoms with E-state index >= 15 is 0 Å². The molecule has 0 aliphatic carbocycles. The van der Waals surface area contributed by atoms with Gasteiger partial charge in [0.05, 0.1) is 4.88 Å². The molecule has 2 N–H and O–H groups in total. The number of carbonyl (C=O) groups excluding carboxylic acids is 1. The Morgan fingerprint density at radius 3 is 2.82 bits per heavy atom. The molecule has 1 aromatic heterocycles. The molecule has 4 heteroatoms. The zero-order valence-electron chi connectivity index (χ0n) is 9.86. The average Bonchev–Trinajstić information content (AvgIpc) is 2.72. The summed E-state index contributed by atoms with van der Waals surface area (Å²) in [5.41, 5.74) is -1.29. The Morgan fingerprint density at radius 1 is 1.47 bits per heavy atom. The lowest BCUT2D eigenvalue weighted by atomic mass is 10.1. The Kier molecular flexibility index (Phi) is 3.17. The minimum absolute atomic E-state index is 0.160. The summed E-state index contributed by atoms with van der Waals surface area (Å²) in [5.74, 6) is -0.160. The third-order valence-electron chi connectivity index (χ3n) is 2.61. The van der Waals surface area contributed by atoms with Gasteiger partial charge in [0.1, 0.15) is 0 Å². The van der Waals surface area contributed by atoms with E-state index in [0.717, 1.165) is 15.0 Å². The summed E-state index contributed by atoms with van der Waals surface area (Å²) in [4.78, 5) is 12.1. The van der Waals surface area contributed by atoms with Crippen LogP contribution in [0.4, 0.5) is 0 Å². The molecule has 0 spiro atoms. The van der Waals surface area contributed by atoms with Crippen molar-refractivity contribution >= 4 is 27.3 Å². The molecule has 1 aromatic carbocycles. The highest BCUT2D eigenvalue weighted by Crippen LogP contribution is 2.31. The Hall–Kier alpha value is -1.39. The van der Waals surface area contributed by atoms with Gasteiger partial charge >= 0.3 is 0 Å². The van der Waals surface area contributed by atoms with Gasteiger partial charge in [-0.3, -0.25) is 4.79 Å². The lowest BCUT2D eigenvalue weighted by molar-refractivity contribution is -0.127. The first kappa shape index (κ1) is 12.1. The smallest absolute Gasteiger partial charge is 0.222 e. The minimum Gasteiger partial charge on any atom is -0.366 e. The molecule has 2 rings (SSSR count). The normalized spacial score (nSPS) is 14.5. The predicted octanol–water partition coefficient (Wildman–Crippen LogP) is 2.59. The summed E-state index contributed by atoms with van der Waals surface area (Å²) in [6.07, 6.45) is 0.362. The fourth-order valence-electron chi connectivity index (χ4n) is 1.64. The molecule has 0 aliphatic rings. The van der Waals surface area contributed by atoms with Crippen LogP contribution in [0.25, 0.3) is 10.1 Å². The molecule has 0 saturated carbocycles. The maximum absolute atomic E-state index is 11.3. The summed E-state index contributed by atoms with van der Waals surface area (Å²) in [6.45, 7) is 3.36. The molecule has 0 fully saturated rings. The molecule has 0 radical (unpaired) electrons. The Morgan fingerprint density at radius 2 is 2.18 bits per heavy atom. The van der Waals surface area contributed by atoms with Crippen LogP contribution >= 0.6 is 11.3 Å². The summed E-state index contributed by atoms with van der Waals surface area (Å²) >= 11 is 1.49. The quantitative estimate of drug-likeness (QED) is 0.821. The third kappa shape index (κ3) is 2.48. The zero-order valence-corrected chi connectivity index (χ0v) is 10.7. The molecule has 17 heavy (non-hydrogen) atoms. The van der Waals surface area contributed by atoms with E-state index in [0.29, 0.717) is 6.42 Å². The fourth-order valence-corrected chi connectivity index (χ4v) is 2.71. The van der Waals surface area contributed by atoms with Crippen molar-refractivity contribution in [2.45, 2.75) is 26.0 Å². The fraction of sp³-hybridized carbons (Fsp3) is 0.308. The van der Waals surface area contributed by atoms with E-state index in [2.05, 4.69) is 5.32 Å². The number of hydrogen-bond acceptors (Lipinski definition) is 3. The average molecular weight is 249 g/mol. The van der Waals surface area contributed by atoms with E-state index in [-0.39, 0.29) is 5.91 Å². The van der Waals surface area contributed by atoms with Crippen LogP contribution < -0.4 is 5.32 Å². The van der Waals surface area contributed by atoms with Crippen molar-refractivity contribution in [1.29, 1.82) is 0 Å². The molecule has 0 aliphatic heterocycles. The van der Waals surface area contributed by atoms with Crippen molar-refractivity contribution in [3.8, 4) is 0 Å². The van der Waals surface area contributed by atoms with Gasteiger partial charge in [-0.2, -0.15) is 0 Å². The van der Waals surface area contributed by atoms with Gasteiger partial charge in [0, 0.05) is 11.1 Å². The van der Waals surface area contributed by atoms with Gasteiger partial charge in [-0.25, -0.2) is 0 Å². The zero-order chi connectivity index (χ0) is 12.5. The van der Waals surface area contributed by atoms with E-state index < -0.39 is 5.72 Å². The summed E-state index contributed by atoms with van der Waals surface area (Å²) in [7, 11) is 0. The molecule has 1 amide bonds. The maximum atomic E-state index is 11.3. The molecular formula is C13H15NO2S. The Balaban J connectivity index is 2.35. The van der Waals surface area contributed by atoms with Crippen LogP contribution in [0, 0.1) is 0 Å². The molecule has 3 nitrogen and oxygen atoms in total. The van der Waals surface area contributed by atoms with Crippen molar-refractivity contribution in [2.24, 2.45) is 0 Å². The van der Waals surface area contributed by atoms with E-state index in [1.54, 1.807) is 13.8 Å². The number of hydrogen-bond donors (Lipinski definition) is 2. The second-order valence-electron chi connectivity index (χ2n) is 4.12. The van der Waals surface area contributed by atoms with Crippen molar-refractivity contribution < 1.29 is 9.90 Å². The van der Waals surface area contributed by atoms with Crippen molar-refractivity contribution in [1.82, 2.24) is 5.32 Å². The first-order valence-electron chi connectivity index (χ1n) is 5.55. The van der Waals surface area contributed by atoms with Gasteiger partial charge in [-0.05, 0) is 24.4 Å².